The third kappa shape index (κ3) is 7.63. The molecule has 14 nitrogen and oxygen atoms in total. The molecular formula is C23H28N8O6. The van der Waals surface area contributed by atoms with Gasteiger partial charge in [-0.05, 0) is 11.6 Å². The maximum absolute atomic E-state index is 13.4. The lowest BCUT2D eigenvalue weighted by Crippen LogP contribution is -2.57. The number of hydrogen-bond acceptors (Lipinski definition) is 7. The van der Waals surface area contributed by atoms with Crippen LogP contribution in [0.2, 0.25) is 0 Å². The van der Waals surface area contributed by atoms with Crippen LogP contribution in [0.1, 0.15) is 17.7 Å². The summed E-state index contributed by atoms with van der Waals surface area (Å²) >= 11 is 0. The average Bonchev–Trinajstić information content (AvgIpc) is 3.51. The first-order valence-corrected chi connectivity index (χ1v) is 11.3. The van der Waals surface area contributed by atoms with Gasteiger partial charge in [-0.15, -0.1) is 0 Å². The summed E-state index contributed by atoms with van der Waals surface area (Å²) in [6.07, 6.45) is 4.13. The molecule has 0 aliphatic rings. The topological polar surface area (TPSA) is 238 Å². The van der Waals surface area contributed by atoms with Crippen molar-refractivity contribution in [2.45, 2.75) is 37.4 Å². The van der Waals surface area contributed by atoms with E-state index >= 15 is 0 Å². The first kappa shape index (κ1) is 26.9. The van der Waals surface area contributed by atoms with Crippen molar-refractivity contribution < 1.29 is 29.1 Å². The molecule has 0 aliphatic heterocycles. The van der Waals surface area contributed by atoms with E-state index in [0.29, 0.717) is 11.3 Å². The highest BCUT2D eigenvalue weighted by atomic mass is 16.4. The van der Waals surface area contributed by atoms with Crippen molar-refractivity contribution >= 4 is 40.5 Å². The lowest BCUT2D eigenvalue weighted by molar-refractivity contribution is -0.138. The SMILES string of the molecule is NC(=O)CC(N)C(=O)NC(Cc1c[nH]c2ccccc12)C(=O)NC(Cc1cnc[nH]1)C(=O)NCC(=O)O. The van der Waals surface area contributed by atoms with Gasteiger partial charge < -0.3 is 42.5 Å². The van der Waals surface area contributed by atoms with Gasteiger partial charge in [0.05, 0.1) is 18.8 Å². The summed E-state index contributed by atoms with van der Waals surface area (Å²) in [4.78, 5) is 70.6. The second kappa shape index (κ2) is 12.3. The van der Waals surface area contributed by atoms with Crippen LogP contribution in [0.3, 0.4) is 0 Å². The maximum Gasteiger partial charge on any atom is 0.322 e. The number of nitrogens with one attached hydrogen (secondary N) is 5. The Kier molecular flexibility index (Phi) is 8.94. The zero-order valence-electron chi connectivity index (χ0n) is 19.7. The molecule has 10 N–H and O–H groups in total. The third-order valence-electron chi connectivity index (χ3n) is 5.52. The number of para-hydroxylation sites is 1. The van der Waals surface area contributed by atoms with E-state index in [4.69, 9.17) is 16.6 Å². The van der Waals surface area contributed by atoms with E-state index in [1.165, 1.54) is 12.5 Å². The summed E-state index contributed by atoms with van der Waals surface area (Å²) in [5.41, 5.74) is 12.9. The number of carbonyl (C=O) groups is 5. The maximum atomic E-state index is 13.4. The van der Waals surface area contributed by atoms with Crippen molar-refractivity contribution in [3.63, 3.8) is 0 Å². The molecule has 0 aliphatic carbocycles. The Morgan fingerprint density at radius 3 is 2.35 bits per heavy atom. The number of imidazole rings is 1. The van der Waals surface area contributed by atoms with Crippen molar-refractivity contribution in [3.8, 4) is 0 Å². The molecule has 14 heteroatoms. The zero-order valence-corrected chi connectivity index (χ0v) is 19.7. The van der Waals surface area contributed by atoms with Gasteiger partial charge in [0.25, 0.3) is 0 Å². The average molecular weight is 513 g/mol. The van der Waals surface area contributed by atoms with Crippen LogP contribution in [0.25, 0.3) is 10.9 Å². The van der Waals surface area contributed by atoms with Crippen LogP contribution in [-0.4, -0.2) is 74.3 Å². The highest BCUT2D eigenvalue weighted by molar-refractivity contribution is 5.95. The fraction of sp³-hybridized carbons (Fsp3) is 0.304. The van der Waals surface area contributed by atoms with Crippen LogP contribution in [0.4, 0.5) is 0 Å². The molecule has 0 bridgehead atoms. The number of aromatic amines is 2. The lowest BCUT2D eigenvalue weighted by Gasteiger charge is -2.24. The number of aliphatic carboxylic acids is 1. The number of nitrogens with zero attached hydrogens (tertiary/aromatic N) is 1. The van der Waals surface area contributed by atoms with Gasteiger partial charge in [-0.25, -0.2) is 4.98 Å². The molecule has 2 heterocycles. The number of primary amides is 1. The number of fused-ring (bicyclic) bond motifs is 1. The zero-order chi connectivity index (χ0) is 26.9. The molecule has 3 unspecified atom stereocenters. The van der Waals surface area contributed by atoms with Crippen LogP contribution in [0.5, 0.6) is 0 Å². The molecule has 3 rings (SSSR count). The number of carboxylic acids is 1. The Morgan fingerprint density at radius 2 is 1.68 bits per heavy atom. The number of carboxylic acid groups (broad SMARTS) is 1. The van der Waals surface area contributed by atoms with Crippen molar-refractivity contribution in [1.29, 1.82) is 0 Å². The fourth-order valence-corrected chi connectivity index (χ4v) is 3.70. The molecule has 3 atom stereocenters. The first-order chi connectivity index (χ1) is 17.6. The number of nitrogens with two attached hydrogens (primary N) is 2. The van der Waals surface area contributed by atoms with Gasteiger partial charge in [0, 0.05) is 41.8 Å². The lowest BCUT2D eigenvalue weighted by atomic mass is 10.0. The Hall–Kier alpha value is -4.72. The minimum Gasteiger partial charge on any atom is -0.480 e. The van der Waals surface area contributed by atoms with Gasteiger partial charge in [0.15, 0.2) is 0 Å². The number of H-pyrrole nitrogens is 2. The second-order valence-electron chi connectivity index (χ2n) is 8.36. The van der Waals surface area contributed by atoms with Crippen LogP contribution < -0.4 is 27.4 Å². The van der Waals surface area contributed by atoms with Crippen LogP contribution in [0, 0.1) is 0 Å². The molecule has 196 valence electrons. The normalized spacial score (nSPS) is 13.3. The van der Waals surface area contributed by atoms with Gasteiger partial charge in [-0.2, -0.15) is 0 Å². The van der Waals surface area contributed by atoms with E-state index in [1.807, 2.05) is 24.3 Å². The molecule has 37 heavy (non-hydrogen) atoms. The smallest absolute Gasteiger partial charge is 0.322 e. The largest absolute Gasteiger partial charge is 0.480 e. The summed E-state index contributed by atoms with van der Waals surface area (Å²) in [6.45, 7) is -0.647. The Balaban J connectivity index is 1.84. The molecule has 0 radical (unpaired) electrons. The molecule has 3 aromatic rings. The standard InChI is InChI=1S/C23H28N8O6/c24-15(7-19(25)32)21(35)30-17(5-12-8-27-16-4-2-1-3-14(12)16)23(37)31-18(6-13-9-26-11-29-13)22(36)28-10-20(33)34/h1-4,8-9,11,15,17-18,27H,5-7,10,24H2,(H2,25,32)(H,26,29)(H,28,36)(H,30,35)(H,31,37)(H,33,34). The van der Waals surface area contributed by atoms with Crippen LogP contribution >= 0.6 is 0 Å². The molecule has 2 aromatic heterocycles. The summed E-state index contributed by atoms with van der Waals surface area (Å²) in [5, 5.41) is 17.1. The molecule has 4 amide bonds. The van der Waals surface area contributed by atoms with E-state index in [1.54, 1.807) is 6.20 Å². The van der Waals surface area contributed by atoms with Crippen molar-refractivity contribution in [1.82, 2.24) is 30.9 Å². The van der Waals surface area contributed by atoms with Crippen LogP contribution in [-0.2, 0) is 36.8 Å². The van der Waals surface area contributed by atoms with Gasteiger partial charge in [-0.1, -0.05) is 18.2 Å². The number of aromatic nitrogens is 3. The van der Waals surface area contributed by atoms with E-state index in [0.717, 1.165) is 10.9 Å². The predicted octanol–water partition coefficient (Wildman–Crippen LogP) is -1.95. The van der Waals surface area contributed by atoms with Gasteiger partial charge >= 0.3 is 5.97 Å². The third-order valence-corrected chi connectivity index (χ3v) is 5.52. The van der Waals surface area contributed by atoms with Gasteiger partial charge in [0.1, 0.15) is 18.6 Å². The fourth-order valence-electron chi connectivity index (χ4n) is 3.70. The molecule has 0 spiro atoms. The summed E-state index contributed by atoms with van der Waals surface area (Å²) in [5.74, 6) is -4.28. The van der Waals surface area contributed by atoms with E-state index < -0.39 is 60.7 Å². The summed E-state index contributed by atoms with van der Waals surface area (Å²) in [6, 6.07) is 3.70. The first-order valence-electron chi connectivity index (χ1n) is 11.3. The van der Waals surface area contributed by atoms with Crippen LogP contribution in [0.15, 0.2) is 43.0 Å². The minimum absolute atomic E-state index is 0.0217. The number of rotatable bonds is 13. The van der Waals surface area contributed by atoms with Crippen molar-refractivity contribution in [2.24, 2.45) is 11.5 Å². The predicted molar refractivity (Wildman–Crippen MR) is 131 cm³/mol. The summed E-state index contributed by atoms with van der Waals surface area (Å²) in [7, 11) is 0. The number of benzene rings is 1. The van der Waals surface area contributed by atoms with E-state index in [2.05, 4.69) is 30.9 Å². The monoisotopic (exact) mass is 512 g/mol. The molecular weight excluding hydrogens is 484 g/mol. The van der Waals surface area contributed by atoms with E-state index in [9.17, 15) is 24.0 Å². The number of amides is 4. The van der Waals surface area contributed by atoms with Crippen molar-refractivity contribution in [2.75, 3.05) is 6.54 Å². The highest BCUT2D eigenvalue weighted by Crippen LogP contribution is 2.19. The summed E-state index contributed by atoms with van der Waals surface area (Å²) < 4.78 is 0. The second-order valence-corrected chi connectivity index (χ2v) is 8.36. The molecule has 0 fully saturated rings. The van der Waals surface area contributed by atoms with Gasteiger partial charge in [-0.3, -0.25) is 24.0 Å². The van der Waals surface area contributed by atoms with Gasteiger partial charge in [0.2, 0.25) is 23.6 Å². The van der Waals surface area contributed by atoms with Crippen molar-refractivity contribution in [3.05, 3.63) is 54.2 Å². The Bertz CT molecular complexity index is 1270. The Labute approximate surface area is 210 Å². The quantitative estimate of drug-likeness (QED) is 0.128. The molecule has 1 aromatic carbocycles. The molecule has 0 saturated heterocycles. The minimum atomic E-state index is -1.28. The highest BCUT2D eigenvalue weighted by Gasteiger charge is 2.30. The van der Waals surface area contributed by atoms with E-state index in [-0.39, 0.29) is 12.8 Å². The number of hydrogen-bond donors (Lipinski definition) is 8. The number of carbonyl (C=O) groups excluding carboxylic acids is 4. The molecule has 0 saturated carbocycles. The Morgan fingerprint density at radius 1 is 0.973 bits per heavy atom.